The van der Waals surface area contributed by atoms with Crippen molar-refractivity contribution >= 4 is 40.6 Å². The first-order valence-corrected chi connectivity index (χ1v) is 9.21. The Morgan fingerprint density at radius 1 is 1.22 bits per heavy atom. The molecule has 1 aromatic rings. The fraction of sp³-hybridized carbons (Fsp3) is 0.500. The van der Waals surface area contributed by atoms with Crippen molar-refractivity contribution in [3.8, 4) is 5.75 Å². The Hall–Kier alpha value is -2.04. The normalized spacial score (nSPS) is 12.0. The number of nitrogens with zero attached hydrogens (tertiary/aromatic N) is 1. The van der Waals surface area contributed by atoms with Crippen LogP contribution in [0.15, 0.2) is 18.2 Å². The van der Waals surface area contributed by atoms with Crippen molar-refractivity contribution in [3.05, 3.63) is 27.3 Å². The minimum absolute atomic E-state index is 0.304. The summed E-state index contributed by atoms with van der Waals surface area (Å²) in [6.45, 7) is 4.91. The van der Waals surface area contributed by atoms with Crippen LogP contribution in [0.25, 0.3) is 0 Å². The number of carbonyl (C=O) groups excluding carboxylic acids is 3. The lowest BCUT2D eigenvalue weighted by molar-refractivity contribution is -0.141. The second-order valence-electron chi connectivity index (χ2n) is 6.68. The molecule has 0 spiro atoms. The number of methoxy groups -OCH3 is 2. The van der Waals surface area contributed by atoms with Gasteiger partial charge in [-0.2, -0.15) is 0 Å². The molecule has 0 heterocycles. The highest BCUT2D eigenvalue weighted by molar-refractivity contribution is 14.1. The molecule has 0 unspecified atom stereocenters. The maximum atomic E-state index is 12.7. The Labute approximate surface area is 172 Å². The van der Waals surface area contributed by atoms with Crippen molar-refractivity contribution in [2.24, 2.45) is 0 Å². The van der Waals surface area contributed by atoms with Gasteiger partial charge in [-0.05, 0) is 61.1 Å². The molecule has 0 radical (unpaired) electrons. The van der Waals surface area contributed by atoms with Crippen molar-refractivity contribution in [1.29, 1.82) is 0 Å². The highest BCUT2D eigenvalue weighted by atomic mass is 127. The molecule has 2 amide bonds. The second-order valence-corrected chi connectivity index (χ2v) is 7.84. The topological polar surface area (TPSA) is 94.2 Å². The van der Waals surface area contributed by atoms with E-state index in [4.69, 9.17) is 9.47 Å². The predicted octanol–water partition coefficient (Wildman–Crippen LogP) is 2.50. The molecule has 8 nitrogen and oxygen atoms in total. The van der Waals surface area contributed by atoms with Crippen LogP contribution >= 0.6 is 22.6 Å². The van der Waals surface area contributed by atoms with Gasteiger partial charge in [0.25, 0.3) is 0 Å². The van der Waals surface area contributed by atoms with Crippen molar-refractivity contribution in [2.75, 3.05) is 27.8 Å². The Balaban J connectivity index is 3.19. The number of amides is 2. The highest BCUT2D eigenvalue weighted by Gasteiger charge is 2.32. The van der Waals surface area contributed by atoms with Crippen LogP contribution in [0.4, 0.5) is 4.79 Å². The molecule has 0 aliphatic carbocycles. The summed E-state index contributed by atoms with van der Waals surface area (Å²) in [7, 11) is 4.24. The molecular weight excluding hydrogens is 467 g/mol. The van der Waals surface area contributed by atoms with E-state index in [1.165, 1.54) is 19.1 Å². The molecule has 27 heavy (non-hydrogen) atoms. The van der Waals surface area contributed by atoms with Crippen molar-refractivity contribution < 1.29 is 28.6 Å². The lowest BCUT2D eigenvalue weighted by Gasteiger charge is -2.30. The number of likely N-dealkylation sites (N-methyl/N-ethyl adjacent to an activating group) is 1. The SMILES string of the molecule is COC(=O)CNC(=O)[C@H](c1ccc(OC)c(I)c1)N(C)C(=O)OC(C)(C)C. The first-order valence-electron chi connectivity index (χ1n) is 8.14. The highest BCUT2D eigenvalue weighted by Crippen LogP contribution is 2.28. The molecule has 150 valence electrons. The van der Waals surface area contributed by atoms with Gasteiger partial charge in [-0.15, -0.1) is 0 Å². The number of benzene rings is 1. The third kappa shape index (κ3) is 6.89. The van der Waals surface area contributed by atoms with Gasteiger partial charge in [-0.3, -0.25) is 14.5 Å². The molecular formula is C18H25IN2O6. The fourth-order valence-electron chi connectivity index (χ4n) is 2.17. The van der Waals surface area contributed by atoms with Crippen LogP contribution < -0.4 is 10.1 Å². The number of hydrogen-bond donors (Lipinski definition) is 1. The third-order valence-corrected chi connectivity index (χ3v) is 4.29. The fourth-order valence-corrected chi connectivity index (χ4v) is 2.93. The number of rotatable bonds is 6. The van der Waals surface area contributed by atoms with Crippen molar-refractivity contribution in [2.45, 2.75) is 32.4 Å². The van der Waals surface area contributed by atoms with E-state index in [0.717, 1.165) is 3.57 Å². The maximum Gasteiger partial charge on any atom is 0.410 e. The minimum atomic E-state index is -0.996. The van der Waals surface area contributed by atoms with E-state index >= 15 is 0 Å². The van der Waals surface area contributed by atoms with Gasteiger partial charge in [0.05, 0.1) is 17.8 Å². The maximum absolute atomic E-state index is 12.7. The largest absolute Gasteiger partial charge is 0.496 e. The summed E-state index contributed by atoms with van der Waals surface area (Å²) in [4.78, 5) is 37.8. The van der Waals surface area contributed by atoms with Gasteiger partial charge in [0.15, 0.2) is 0 Å². The van der Waals surface area contributed by atoms with Crippen LogP contribution in [-0.2, 0) is 19.1 Å². The van der Waals surface area contributed by atoms with Gasteiger partial charge < -0.3 is 19.5 Å². The van der Waals surface area contributed by atoms with E-state index in [9.17, 15) is 14.4 Å². The summed E-state index contributed by atoms with van der Waals surface area (Å²) >= 11 is 2.08. The van der Waals surface area contributed by atoms with Crippen LogP contribution in [0.2, 0.25) is 0 Å². The number of esters is 1. The predicted molar refractivity (Wildman–Crippen MR) is 107 cm³/mol. The molecule has 0 aromatic heterocycles. The van der Waals surface area contributed by atoms with Gasteiger partial charge in [0, 0.05) is 7.05 Å². The summed E-state index contributed by atoms with van der Waals surface area (Å²) < 4.78 is 15.9. The summed E-state index contributed by atoms with van der Waals surface area (Å²) in [5, 5.41) is 2.48. The summed E-state index contributed by atoms with van der Waals surface area (Å²) in [6.07, 6.45) is -0.661. The Bertz CT molecular complexity index is 702. The lowest BCUT2D eigenvalue weighted by Crippen LogP contribution is -2.44. The van der Waals surface area contributed by atoms with E-state index in [0.29, 0.717) is 11.3 Å². The molecule has 1 N–H and O–H groups in total. The monoisotopic (exact) mass is 492 g/mol. The molecule has 0 saturated carbocycles. The quantitative estimate of drug-likeness (QED) is 0.485. The van der Waals surface area contributed by atoms with Gasteiger partial charge in [0.2, 0.25) is 5.91 Å². The molecule has 1 atom stereocenters. The summed E-state index contributed by atoms with van der Waals surface area (Å²) in [6, 6.07) is 4.14. The number of halogens is 1. The zero-order chi connectivity index (χ0) is 20.8. The number of carbonyl (C=O) groups is 3. The first kappa shape index (κ1) is 23.0. The second kappa shape index (κ2) is 9.77. The molecule has 0 aliphatic rings. The van der Waals surface area contributed by atoms with E-state index in [2.05, 4.69) is 32.6 Å². The van der Waals surface area contributed by atoms with Crippen LogP contribution in [-0.4, -0.2) is 56.3 Å². The van der Waals surface area contributed by atoms with Gasteiger partial charge in [0.1, 0.15) is 23.9 Å². The van der Waals surface area contributed by atoms with Crippen LogP contribution in [0.3, 0.4) is 0 Å². The molecule has 0 aliphatic heterocycles. The number of hydrogen-bond acceptors (Lipinski definition) is 6. The molecule has 1 rings (SSSR count). The van der Waals surface area contributed by atoms with Crippen molar-refractivity contribution in [3.63, 3.8) is 0 Å². The Morgan fingerprint density at radius 3 is 2.33 bits per heavy atom. The average Bonchev–Trinajstić information content (AvgIpc) is 2.58. The molecule has 0 bridgehead atoms. The van der Waals surface area contributed by atoms with E-state index < -0.39 is 29.6 Å². The van der Waals surface area contributed by atoms with Crippen LogP contribution in [0.5, 0.6) is 5.75 Å². The lowest BCUT2D eigenvalue weighted by atomic mass is 10.0. The smallest absolute Gasteiger partial charge is 0.410 e. The van der Waals surface area contributed by atoms with Crippen LogP contribution in [0, 0.1) is 3.57 Å². The molecule has 9 heteroatoms. The zero-order valence-electron chi connectivity index (χ0n) is 16.3. The Kier molecular flexibility index (Phi) is 8.32. The molecule has 0 saturated heterocycles. The standard InChI is InChI=1S/C18H25IN2O6/c1-18(2,3)27-17(24)21(4)15(16(23)20-10-14(22)26-6)11-7-8-13(25-5)12(19)9-11/h7-9,15H,10H2,1-6H3,(H,20,23)/t15-/m0/s1. The molecule has 1 aromatic carbocycles. The first-order chi connectivity index (χ1) is 12.5. The van der Waals surface area contributed by atoms with E-state index in [1.807, 2.05) is 0 Å². The zero-order valence-corrected chi connectivity index (χ0v) is 18.4. The minimum Gasteiger partial charge on any atom is -0.496 e. The third-order valence-electron chi connectivity index (χ3n) is 3.44. The van der Waals surface area contributed by atoms with E-state index in [-0.39, 0.29) is 6.54 Å². The van der Waals surface area contributed by atoms with Crippen LogP contribution in [0.1, 0.15) is 32.4 Å². The number of nitrogens with one attached hydrogen (secondary N) is 1. The number of ether oxygens (including phenoxy) is 3. The summed E-state index contributed by atoms with van der Waals surface area (Å²) in [5.74, 6) is -0.478. The Morgan fingerprint density at radius 2 is 1.85 bits per heavy atom. The average molecular weight is 492 g/mol. The van der Waals surface area contributed by atoms with Gasteiger partial charge >= 0.3 is 12.1 Å². The van der Waals surface area contributed by atoms with Crippen molar-refractivity contribution in [1.82, 2.24) is 10.2 Å². The summed E-state index contributed by atoms with van der Waals surface area (Å²) in [5.41, 5.74) is -0.164. The van der Waals surface area contributed by atoms with Gasteiger partial charge in [-0.1, -0.05) is 6.07 Å². The van der Waals surface area contributed by atoms with Gasteiger partial charge in [-0.25, -0.2) is 4.79 Å². The molecule has 0 fully saturated rings. The van der Waals surface area contributed by atoms with E-state index in [1.54, 1.807) is 46.1 Å².